The molecule has 0 aliphatic heterocycles. The van der Waals surface area contributed by atoms with Crippen LogP contribution in [0.25, 0.3) is 0 Å². The van der Waals surface area contributed by atoms with Crippen molar-refractivity contribution in [3.63, 3.8) is 0 Å². The first-order valence-electron chi connectivity index (χ1n) is 6.52. The summed E-state index contributed by atoms with van der Waals surface area (Å²) < 4.78 is 0. The minimum absolute atomic E-state index is 0.363. The molecule has 0 amide bonds. The summed E-state index contributed by atoms with van der Waals surface area (Å²) >= 11 is 0. The molecule has 2 heteroatoms. The Morgan fingerprint density at radius 2 is 2.18 bits per heavy atom. The number of hydrogen-bond acceptors (Lipinski definition) is 1. The van der Waals surface area contributed by atoms with E-state index in [1.165, 1.54) is 12.0 Å². The van der Waals surface area contributed by atoms with Gasteiger partial charge in [0, 0.05) is 5.57 Å². The van der Waals surface area contributed by atoms with E-state index in [-0.39, 0.29) is 0 Å². The Balaban J connectivity index is 2.15. The van der Waals surface area contributed by atoms with Crippen LogP contribution in [0.15, 0.2) is 23.8 Å². The molecular formula is C15H22O2. The Labute approximate surface area is 103 Å². The average Bonchev–Trinajstić information content (AvgIpc) is 2.28. The van der Waals surface area contributed by atoms with Gasteiger partial charge in [-0.3, -0.25) is 0 Å². The van der Waals surface area contributed by atoms with Crippen LogP contribution in [-0.4, -0.2) is 11.1 Å². The molecule has 0 heterocycles. The van der Waals surface area contributed by atoms with Crippen molar-refractivity contribution in [3.05, 3.63) is 23.8 Å². The second-order valence-electron chi connectivity index (χ2n) is 6.18. The monoisotopic (exact) mass is 234 g/mol. The Morgan fingerprint density at radius 3 is 2.76 bits per heavy atom. The summed E-state index contributed by atoms with van der Waals surface area (Å²) in [5.41, 5.74) is 2.29. The van der Waals surface area contributed by atoms with Gasteiger partial charge in [-0.15, -0.1) is 0 Å². The fourth-order valence-corrected chi connectivity index (χ4v) is 3.49. The fourth-order valence-electron chi connectivity index (χ4n) is 3.49. The number of rotatable bonds is 1. The molecule has 1 saturated carbocycles. The quantitative estimate of drug-likeness (QED) is 0.701. The third-order valence-electron chi connectivity index (χ3n) is 4.62. The van der Waals surface area contributed by atoms with Crippen molar-refractivity contribution < 1.29 is 9.90 Å². The summed E-state index contributed by atoms with van der Waals surface area (Å²) in [5.74, 6) is 0.508. The summed E-state index contributed by atoms with van der Waals surface area (Å²) in [6, 6.07) is 0. The predicted molar refractivity (Wildman–Crippen MR) is 68.7 cm³/mol. The summed E-state index contributed by atoms with van der Waals surface area (Å²) in [5, 5.41) is 9.12. The van der Waals surface area contributed by atoms with E-state index in [0.29, 0.717) is 29.2 Å². The SMILES string of the molecule is C=C1CCC=C(C(=O)O)CC[C@H]2[C@@H]1CC2(C)C. The lowest BCUT2D eigenvalue weighted by molar-refractivity contribution is -0.133. The van der Waals surface area contributed by atoms with E-state index in [0.717, 1.165) is 19.3 Å². The summed E-state index contributed by atoms with van der Waals surface area (Å²) in [6.45, 7) is 8.79. The van der Waals surface area contributed by atoms with Gasteiger partial charge in [0.1, 0.15) is 0 Å². The lowest BCUT2D eigenvalue weighted by Crippen LogP contribution is -2.44. The van der Waals surface area contributed by atoms with Gasteiger partial charge in [-0.25, -0.2) is 4.79 Å². The molecule has 0 unspecified atom stereocenters. The van der Waals surface area contributed by atoms with Gasteiger partial charge in [-0.05, 0) is 49.4 Å². The number of carboxylic acids is 1. The van der Waals surface area contributed by atoms with Gasteiger partial charge in [0.2, 0.25) is 0 Å². The Hall–Kier alpha value is -1.05. The van der Waals surface area contributed by atoms with Gasteiger partial charge in [-0.2, -0.15) is 0 Å². The molecule has 94 valence electrons. The van der Waals surface area contributed by atoms with Gasteiger partial charge in [0.25, 0.3) is 0 Å². The minimum Gasteiger partial charge on any atom is -0.478 e. The van der Waals surface area contributed by atoms with Crippen molar-refractivity contribution in [3.8, 4) is 0 Å². The number of allylic oxidation sites excluding steroid dienone is 2. The van der Waals surface area contributed by atoms with Crippen molar-refractivity contribution in [2.75, 3.05) is 0 Å². The first kappa shape index (κ1) is 12.4. The maximum Gasteiger partial charge on any atom is 0.331 e. The van der Waals surface area contributed by atoms with Crippen LogP contribution < -0.4 is 0 Å². The largest absolute Gasteiger partial charge is 0.478 e. The second-order valence-corrected chi connectivity index (χ2v) is 6.18. The Kier molecular flexibility index (Phi) is 3.15. The van der Waals surface area contributed by atoms with Crippen LogP contribution in [0.1, 0.15) is 46.0 Å². The third kappa shape index (κ3) is 2.31. The third-order valence-corrected chi connectivity index (χ3v) is 4.62. The van der Waals surface area contributed by atoms with Crippen LogP contribution in [0.4, 0.5) is 0 Å². The highest BCUT2D eigenvalue weighted by molar-refractivity contribution is 5.86. The zero-order chi connectivity index (χ0) is 12.6. The van der Waals surface area contributed by atoms with Crippen LogP contribution in [-0.2, 0) is 4.79 Å². The van der Waals surface area contributed by atoms with Crippen LogP contribution in [0.3, 0.4) is 0 Å². The molecule has 0 spiro atoms. The van der Waals surface area contributed by atoms with E-state index in [9.17, 15) is 4.79 Å². The molecule has 0 saturated heterocycles. The molecule has 1 fully saturated rings. The smallest absolute Gasteiger partial charge is 0.331 e. The first-order chi connectivity index (χ1) is 7.92. The highest BCUT2D eigenvalue weighted by Crippen LogP contribution is 2.56. The predicted octanol–water partition coefficient (Wildman–Crippen LogP) is 3.79. The zero-order valence-electron chi connectivity index (χ0n) is 10.8. The molecule has 2 atom stereocenters. The van der Waals surface area contributed by atoms with Crippen LogP contribution in [0.5, 0.6) is 0 Å². The average molecular weight is 234 g/mol. The number of carbonyl (C=O) groups is 1. The van der Waals surface area contributed by atoms with Gasteiger partial charge < -0.3 is 5.11 Å². The Bertz CT molecular complexity index is 376. The molecule has 2 nitrogen and oxygen atoms in total. The highest BCUT2D eigenvalue weighted by Gasteiger charge is 2.47. The van der Waals surface area contributed by atoms with Crippen LogP contribution >= 0.6 is 0 Å². The van der Waals surface area contributed by atoms with Crippen molar-refractivity contribution in [1.82, 2.24) is 0 Å². The van der Waals surface area contributed by atoms with Crippen LogP contribution in [0.2, 0.25) is 0 Å². The number of fused-ring (bicyclic) bond motifs is 1. The molecule has 0 aromatic carbocycles. The zero-order valence-corrected chi connectivity index (χ0v) is 10.8. The lowest BCUT2D eigenvalue weighted by atomic mass is 9.52. The maximum absolute atomic E-state index is 11.1. The van der Waals surface area contributed by atoms with Gasteiger partial charge >= 0.3 is 5.97 Å². The normalized spacial score (nSPS) is 32.4. The molecular weight excluding hydrogens is 212 g/mol. The molecule has 2 aliphatic rings. The summed E-state index contributed by atoms with van der Waals surface area (Å²) in [7, 11) is 0. The van der Waals surface area contributed by atoms with Gasteiger partial charge in [0.05, 0.1) is 0 Å². The van der Waals surface area contributed by atoms with Crippen molar-refractivity contribution >= 4 is 5.97 Å². The topological polar surface area (TPSA) is 37.3 Å². The second kappa shape index (κ2) is 4.32. The van der Waals surface area contributed by atoms with E-state index in [2.05, 4.69) is 20.4 Å². The van der Waals surface area contributed by atoms with Crippen molar-refractivity contribution in [2.24, 2.45) is 17.3 Å². The van der Waals surface area contributed by atoms with Crippen LogP contribution in [0, 0.1) is 17.3 Å². The molecule has 2 aliphatic carbocycles. The first-order valence-corrected chi connectivity index (χ1v) is 6.52. The minimum atomic E-state index is -0.744. The molecule has 2 rings (SSSR count). The molecule has 0 aromatic rings. The summed E-state index contributed by atoms with van der Waals surface area (Å²) in [4.78, 5) is 11.1. The van der Waals surface area contributed by atoms with Gasteiger partial charge in [-0.1, -0.05) is 32.1 Å². The van der Waals surface area contributed by atoms with Gasteiger partial charge in [0.15, 0.2) is 0 Å². The molecule has 17 heavy (non-hydrogen) atoms. The van der Waals surface area contributed by atoms with Crippen molar-refractivity contribution in [1.29, 1.82) is 0 Å². The van der Waals surface area contributed by atoms with E-state index in [1.807, 2.05) is 6.08 Å². The number of hydrogen-bond donors (Lipinski definition) is 1. The van der Waals surface area contributed by atoms with E-state index in [4.69, 9.17) is 5.11 Å². The molecule has 0 bridgehead atoms. The van der Waals surface area contributed by atoms with E-state index in [1.54, 1.807) is 0 Å². The fraction of sp³-hybridized carbons (Fsp3) is 0.667. The Morgan fingerprint density at radius 1 is 1.47 bits per heavy atom. The molecule has 0 radical (unpaired) electrons. The van der Waals surface area contributed by atoms with E-state index >= 15 is 0 Å². The maximum atomic E-state index is 11.1. The van der Waals surface area contributed by atoms with E-state index < -0.39 is 5.97 Å². The van der Waals surface area contributed by atoms with Crippen molar-refractivity contribution in [2.45, 2.75) is 46.0 Å². The lowest BCUT2D eigenvalue weighted by Gasteiger charge is -2.53. The number of aliphatic carboxylic acids is 1. The standard InChI is InChI=1S/C15H22O2/c1-10-5-4-6-11(14(16)17)7-8-13-12(10)9-15(13,2)3/h6,12-13H,1,4-5,7-9H2,2-3H3,(H,16,17)/t12-,13+/m1/s1. The highest BCUT2D eigenvalue weighted by atomic mass is 16.4. The summed E-state index contributed by atoms with van der Waals surface area (Å²) in [6.07, 6.45) is 6.62. The molecule has 0 aromatic heterocycles. The number of carboxylic acid groups (broad SMARTS) is 1. The molecule has 1 N–H and O–H groups in total.